The van der Waals surface area contributed by atoms with Crippen LogP contribution in [0.15, 0.2) is 48.5 Å². The third kappa shape index (κ3) is 4.73. The Labute approximate surface area is 146 Å². The second-order valence-corrected chi connectivity index (χ2v) is 5.69. The molecule has 2 N–H and O–H groups in total. The van der Waals surface area contributed by atoms with Crippen molar-refractivity contribution in [3.63, 3.8) is 0 Å². The monoisotopic (exact) mass is 343 g/mol. The molecule has 0 radical (unpaired) electrons. The van der Waals surface area contributed by atoms with Gasteiger partial charge >= 0.3 is 5.97 Å². The Morgan fingerprint density at radius 1 is 1.04 bits per heavy atom. The number of carbonyl (C=O) groups is 2. The van der Waals surface area contributed by atoms with Crippen LogP contribution in [0.4, 0.5) is 0 Å². The van der Waals surface area contributed by atoms with Crippen LogP contribution in [0.1, 0.15) is 35.8 Å². The summed E-state index contributed by atoms with van der Waals surface area (Å²) in [6, 6.07) is 12.1. The summed E-state index contributed by atoms with van der Waals surface area (Å²) < 4.78 is 10.9. The summed E-state index contributed by atoms with van der Waals surface area (Å²) in [5.41, 5.74) is 0.783. The third-order valence-corrected chi connectivity index (χ3v) is 3.44. The van der Waals surface area contributed by atoms with Gasteiger partial charge in [-0.25, -0.2) is 4.79 Å². The van der Waals surface area contributed by atoms with Crippen molar-refractivity contribution in [1.82, 2.24) is 5.32 Å². The van der Waals surface area contributed by atoms with Gasteiger partial charge in [0.05, 0.1) is 13.2 Å². The Kier molecular flexibility index (Phi) is 6.00. The number of methoxy groups -OCH3 is 1. The van der Waals surface area contributed by atoms with E-state index in [0.29, 0.717) is 17.1 Å². The maximum Gasteiger partial charge on any atom is 0.330 e. The second kappa shape index (κ2) is 8.19. The van der Waals surface area contributed by atoms with Crippen molar-refractivity contribution < 1.29 is 24.2 Å². The van der Waals surface area contributed by atoms with Gasteiger partial charge in [-0.3, -0.25) is 4.79 Å². The molecule has 132 valence electrons. The summed E-state index contributed by atoms with van der Waals surface area (Å²) in [6.07, 6.45) is -0.0388. The SMILES string of the molecule is COc1cc(C(=O)N[C@H](C(=O)O)c2ccccc2)ccc1OC(C)C. The van der Waals surface area contributed by atoms with E-state index in [1.165, 1.54) is 13.2 Å². The topological polar surface area (TPSA) is 84.9 Å². The molecule has 0 spiro atoms. The quantitative estimate of drug-likeness (QED) is 0.807. The minimum atomic E-state index is -1.13. The number of carboxylic acid groups (broad SMARTS) is 1. The highest BCUT2D eigenvalue weighted by Gasteiger charge is 2.23. The first-order valence-electron chi connectivity index (χ1n) is 7.85. The second-order valence-electron chi connectivity index (χ2n) is 5.69. The van der Waals surface area contributed by atoms with Crippen molar-refractivity contribution in [2.24, 2.45) is 0 Å². The van der Waals surface area contributed by atoms with E-state index in [0.717, 1.165) is 0 Å². The zero-order valence-corrected chi connectivity index (χ0v) is 14.4. The highest BCUT2D eigenvalue weighted by atomic mass is 16.5. The molecule has 0 aliphatic rings. The van der Waals surface area contributed by atoms with Crippen LogP contribution < -0.4 is 14.8 Å². The lowest BCUT2D eigenvalue weighted by Gasteiger charge is -2.17. The number of nitrogens with one attached hydrogen (secondary N) is 1. The van der Waals surface area contributed by atoms with Crippen molar-refractivity contribution in [3.05, 3.63) is 59.7 Å². The van der Waals surface area contributed by atoms with Gasteiger partial charge in [0.15, 0.2) is 17.5 Å². The van der Waals surface area contributed by atoms with Crippen LogP contribution in [-0.2, 0) is 4.79 Å². The first-order chi connectivity index (χ1) is 11.9. The third-order valence-electron chi connectivity index (χ3n) is 3.44. The summed E-state index contributed by atoms with van der Waals surface area (Å²) in [7, 11) is 1.48. The lowest BCUT2D eigenvalue weighted by Crippen LogP contribution is -2.33. The number of benzene rings is 2. The fourth-order valence-electron chi connectivity index (χ4n) is 2.31. The van der Waals surface area contributed by atoms with Gasteiger partial charge in [-0.2, -0.15) is 0 Å². The predicted octanol–water partition coefficient (Wildman–Crippen LogP) is 3.04. The first-order valence-corrected chi connectivity index (χ1v) is 7.85. The summed E-state index contributed by atoms with van der Waals surface area (Å²) in [6.45, 7) is 3.77. The van der Waals surface area contributed by atoms with Gasteiger partial charge in [0.1, 0.15) is 0 Å². The van der Waals surface area contributed by atoms with E-state index in [4.69, 9.17) is 9.47 Å². The maximum atomic E-state index is 12.5. The largest absolute Gasteiger partial charge is 0.493 e. The molecule has 0 aromatic heterocycles. The predicted molar refractivity (Wildman–Crippen MR) is 93.0 cm³/mol. The Morgan fingerprint density at radius 3 is 2.28 bits per heavy atom. The van der Waals surface area contributed by atoms with E-state index >= 15 is 0 Å². The summed E-state index contributed by atoms with van der Waals surface area (Å²) in [5, 5.41) is 11.9. The molecule has 0 saturated heterocycles. The standard InChI is InChI=1S/C19H21NO5/c1-12(2)25-15-10-9-14(11-16(15)24-3)18(21)20-17(19(22)23)13-7-5-4-6-8-13/h4-12,17H,1-3H3,(H,20,21)(H,22,23)/t17-/m0/s1. The number of rotatable bonds is 7. The molecule has 0 fully saturated rings. The average Bonchev–Trinajstić information content (AvgIpc) is 2.59. The van der Waals surface area contributed by atoms with Crippen molar-refractivity contribution in [2.75, 3.05) is 7.11 Å². The van der Waals surface area contributed by atoms with Gasteiger partial charge in [0.2, 0.25) is 0 Å². The zero-order chi connectivity index (χ0) is 18.4. The Bertz CT molecular complexity index is 743. The Morgan fingerprint density at radius 2 is 1.72 bits per heavy atom. The van der Waals surface area contributed by atoms with Crippen LogP contribution >= 0.6 is 0 Å². The molecule has 0 aliphatic heterocycles. The molecule has 0 aliphatic carbocycles. The Hall–Kier alpha value is -3.02. The molecule has 0 heterocycles. The zero-order valence-electron chi connectivity index (χ0n) is 14.4. The number of amides is 1. The lowest BCUT2D eigenvalue weighted by atomic mass is 10.1. The number of carbonyl (C=O) groups excluding carboxylic acids is 1. The molecule has 6 heteroatoms. The van der Waals surface area contributed by atoms with E-state index in [2.05, 4.69) is 5.32 Å². The van der Waals surface area contributed by atoms with Gasteiger partial charge in [0.25, 0.3) is 5.91 Å². The molecule has 2 aromatic carbocycles. The fraction of sp³-hybridized carbons (Fsp3) is 0.263. The van der Waals surface area contributed by atoms with Gasteiger partial charge < -0.3 is 19.9 Å². The molecule has 6 nitrogen and oxygen atoms in total. The number of carboxylic acids is 1. The summed E-state index contributed by atoms with van der Waals surface area (Å²) in [5.74, 6) is -0.711. The van der Waals surface area contributed by atoms with E-state index in [1.807, 2.05) is 13.8 Å². The maximum absolute atomic E-state index is 12.5. The minimum absolute atomic E-state index is 0.0388. The molecule has 0 unspecified atom stereocenters. The van der Waals surface area contributed by atoms with Crippen LogP contribution in [0.3, 0.4) is 0 Å². The van der Waals surface area contributed by atoms with Gasteiger partial charge in [-0.1, -0.05) is 30.3 Å². The van der Waals surface area contributed by atoms with E-state index in [9.17, 15) is 14.7 Å². The average molecular weight is 343 g/mol. The molecule has 2 aromatic rings. The van der Waals surface area contributed by atoms with Crippen molar-refractivity contribution in [3.8, 4) is 11.5 Å². The van der Waals surface area contributed by atoms with Crippen LogP contribution in [0.2, 0.25) is 0 Å². The van der Waals surface area contributed by atoms with Crippen molar-refractivity contribution in [1.29, 1.82) is 0 Å². The lowest BCUT2D eigenvalue weighted by molar-refractivity contribution is -0.139. The highest BCUT2D eigenvalue weighted by Crippen LogP contribution is 2.29. The number of hydrogen-bond donors (Lipinski definition) is 2. The highest BCUT2D eigenvalue weighted by molar-refractivity contribution is 5.97. The summed E-state index contributed by atoms with van der Waals surface area (Å²) >= 11 is 0. The smallest absolute Gasteiger partial charge is 0.330 e. The first kappa shape index (κ1) is 18.3. The molecule has 1 atom stereocenters. The van der Waals surface area contributed by atoms with Crippen LogP contribution in [0, 0.1) is 0 Å². The molecule has 1 amide bonds. The normalized spacial score (nSPS) is 11.7. The molecule has 0 saturated carbocycles. The molecule has 0 bridgehead atoms. The molecular weight excluding hydrogens is 322 g/mol. The number of hydrogen-bond acceptors (Lipinski definition) is 4. The molecule has 2 rings (SSSR count). The van der Waals surface area contributed by atoms with Gasteiger partial charge in [0, 0.05) is 5.56 Å². The molecule has 25 heavy (non-hydrogen) atoms. The van der Waals surface area contributed by atoms with Gasteiger partial charge in [-0.15, -0.1) is 0 Å². The minimum Gasteiger partial charge on any atom is -0.493 e. The van der Waals surface area contributed by atoms with Crippen LogP contribution in [-0.4, -0.2) is 30.2 Å². The van der Waals surface area contributed by atoms with E-state index < -0.39 is 17.9 Å². The van der Waals surface area contributed by atoms with Crippen LogP contribution in [0.5, 0.6) is 11.5 Å². The summed E-state index contributed by atoms with van der Waals surface area (Å²) in [4.78, 5) is 24.0. The fourth-order valence-corrected chi connectivity index (χ4v) is 2.31. The van der Waals surface area contributed by atoms with Crippen LogP contribution in [0.25, 0.3) is 0 Å². The Balaban J connectivity index is 2.23. The number of ether oxygens (including phenoxy) is 2. The van der Waals surface area contributed by atoms with Crippen molar-refractivity contribution >= 4 is 11.9 Å². The van der Waals surface area contributed by atoms with Crippen molar-refractivity contribution in [2.45, 2.75) is 26.0 Å². The van der Waals surface area contributed by atoms with Gasteiger partial charge in [-0.05, 0) is 37.6 Å². The molecular formula is C19H21NO5. The van der Waals surface area contributed by atoms with E-state index in [-0.39, 0.29) is 11.7 Å². The number of aliphatic carboxylic acids is 1. The van der Waals surface area contributed by atoms with E-state index in [1.54, 1.807) is 42.5 Å².